The van der Waals surface area contributed by atoms with Gasteiger partial charge in [0.1, 0.15) is 5.75 Å². The Labute approximate surface area is 150 Å². The number of aryl methyl sites for hydroxylation is 1. The molecule has 0 radical (unpaired) electrons. The third-order valence-electron chi connectivity index (χ3n) is 3.61. The fraction of sp³-hybridized carbons (Fsp3) is 0.222. The standard InChI is InChI=1S/C18H19N3O5/c1-12-3-8-16(26-2)15(11-12)20-17(22)9-10-19-18(23)13-4-6-14(7-5-13)21(24)25/h3-8,11H,9-10H2,1-2H3,(H,19,23)(H,20,22). The second-order valence-corrected chi connectivity index (χ2v) is 5.56. The van der Waals surface area contributed by atoms with Gasteiger partial charge in [-0.25, -0.2) is 0 Å². The molecule has 0 unspecified atom stereocenters. The van der Waals surface area contributed by atoms with Gasteiger partial charge in [-0.05, 0) is 36.8 Å². The number of ether oxygens (including phenoxy) is 1. The van der Waals surface area contributed by atoms with E-state index in [9.17, 15) is 19.7 Å². The number of nitro groups is 1. The van der Waals surface area contributed by atoms with Crippen molar-refractivity contribution in [1.82, 2.24) is 5.32 Å². The molecule has 0 aliphatic heterocycles. The van der Waals surface area contributed by atoms with E-state index in [1.165, 1.54) is 31.4 Å². The highest BCUT2D eigenvalue weighted by atomic mass is 16.6. The van der Waals surface area contributed by atoms with Gasteiger partial charge in [-0.2, -0.15) is 0 Å². The first-order valence-corrected chi connectivity index (χ1v) is 7.88. The van der Waals surface area contributed by atoms with Crippen molar-refractivity contribution in [3.8, 4) is 5.75 Å². The molecular weight excluding hydrogens is 338 g/mol. The van der Waals surface area contributed by atoms with Crippen LogP contribution in [0, 0.1) is 17.0 Å². The lowest BCUT2D eigenvalue weighted by Crippen LogP contribution is -2.27. The van der Waals surface area contributed by atoms with Gasteiger partial charge in [-0.1, -0.05) is 6.07 Å². The van der Waals surface area contributed by atoms with Crippen LogP contribution >= 0.6 is 0 Å². The second-order valence-electron chi connectivity index (χ2n) is 5.56. The van der Waals surface area contributed by atoms with Crippen LogP contribution in [-0.4, -0.2) is 30.4 Å². The minimum atomic E-state index is -0.536. The third kappa shape index (κ3) is 5.04. The molecule has 8 nitrogen and oxygen atoms in total. The highest BCUT2D eigenvalue weighted by molar-refractivity contribution is 5.95. The molecule has 2 aromatic rings. The first-order chi connectivity index (χ1) is 12.4. The fourth-order valence-corrected chi connectivity index (χ4v) is 2.26. The summed E-state index contributed by atoms with van der Waals surface area (Å²) in [5.74, 6) is -0.113. The molecule has 0 spiro atoms. The van der Waals surface area contributed by atoms with Crippen LogP contribution in [0.5, 0.6) is 5.75 Å². The van der Waals surface area contributed by atoms with E-state index >= 15 is 0 Å². The Morgan fingerprint density at radius 2 is 1.85 bits per heavy atom. The maximum atomic E-state index is 12.0. The zero-order chi connectivity index (χ0) is 19.1. The molecule has 0 aliphatic carbocycles. The molecule has 2 amide bonds. The van der Waals surface area contributed by atoms with E-state index in [2.05, 4.69) is 10.6 Å². The number of amides is 2. The predicted molar refractivity (Wildman–Crippen MR) is 96.4 cm³/mol. The van der Waals surface area contributed by atoms with Crippen molar-refractivity contribution in [3.05, 3.63) is 63.7 Å². The molecule has 0 aliphatic rings. The minimum Gasteiger partial charge on any atom is -0.495 e. The summed E-state index contributed by atoms with van der Waals surface area (Å²) in [5.41, 5.74) is 1.75. The Bertz CT molecular complexity index is 818. The van der Waals surface area contributed by atoms with E-state index in [1.54, 1.807) is 12.1 Å². The number of hydrogen-bond acceptors (Lipinski definition) is 5. The van der Waals surface area contributed by atoms with E-state index in [0.717, 1.165) is 5.56 Å². The number of nitro benzene ring substituents is 1. The Morgan fingerprint density at radius 3 is 2.46 bits per heavy atom. The van der Waals surface area contributed by atoms with Crippen LogP contribution in [0.2, 0.25) is 0 Å². The number of nitrogens with zero attached hydrogens (tertiary/aromatic N) is 1. The Balaban J connectivity index is 1.85. The molecule has 0 saturated carbocycles. The van der Waals surface area contributed by atoms with Gasteiger partial charge in [-0.15, -0.1) is 0 Å². The Kier molecular flexibility index (Phi) is 6.26. The Morgan fingerprint density at radius 1 is 1.15 bits per heavy atom. The lowest BCUT2D eigenvalue weighted by molar-refractivity contribution is -0.384. The molecular formula is C18H19N3O5. The fourth-order valence-electron chi connectivity index (χ4n) is 2.26. The quantitative estimate of drug-likeness (QED) is 0.585. The first kappa shape index (κ1) is 18.9. The summed E-state index contributed by atoms with van der Waals surface area (Å²) >= 11 is 0. The number of non-ortho nitro benzene ring substituents is 1. The van der Waals surface area contributed by atoms with E-state index in [-0.39, 0.29) is 30.1 Å². The van der Waals surface area contributed by atoms with Crippen molar-refractivity contribution >= 4 is 23.2 Å². The second kappa shape index (κ2) is 8.61. The summed E-state index contributed by atoms with van der Waals surface area (Å²) in [6, 6.07) is 10.7. The van der Waals surface area contributed by atoms with Gasteiger partial charge in [0.25, 0.3) is 11.6 Å². The summed E-state index contributed by atoms with van der Waals surface area (Å²) in [5, 5.41) is 15.9. The van der Waals surface area contributed by atoms with Gasteiger partial charge >= 0.3 is 0 Å². The largest absolute Gasteiger partial charge is 0.495 e. The summed E-state index contributed by atoms with van der Waals surface area (Å²) in [7, 11) is 1.52. The van der Waals surface area contributed by atoms with Crippen LogP contribution in [0.3, 0.4) is 0 Å². The minimum absolute atomic E-state index is 0.0792. The summed E-state index contributed by atoms with van der Waals surface area (Å²) in [6.07, 6.45) is 0.0792. The van der Waals surface area contributed by atoms with Crippen molar-refractivity contribution < 1.29 is 19.2 Å². The zero-order valence-corrected chi connectivity index (χ0v) is 14.4. The van der Waals surface area contributed by atoms with Crippen molar-refractivity contribution in [2.24, 2.45) is 0 Å². The van der Waals surface area contributed by atoms with E-state index in [1.807, 2.05) is 13.0 Å². The number of carbonyl (C=O) groups is 2. The zero-order valence-electron chi connectivity index (χ0n) is 14.4. The number of hydrogen-bond donors (Lipinski definition) is 2. The molecule has 0 aromatic heterocycles. The number of methoxy groups -OCH3 is 1. The van der Waals surface area contributed by atoms with Crippen molar-refractivity contribution in [1.29, 1.82) is 0 Å². The highest BCUT2D eigenvalue weighted by Gasteiger charge is 2.11. The molecule has 0 saturated heterocycles. The number of anilines is 1. The SMILES string of the molecule is COc1ccc(C)cc1NC(=O)CCNC(=O)c1ccc([N+](=O)[O-])cc1. The van der Waals surface area contributed by atoms with Crippen molar-refractivity contribution in [2.75, 3.05) is 19.0 Å². The van der Waals surface area contributed by atoms with E-state index in [4.69, 9.17) is 4.74 Å². The number of rotatable bonds is 7. The molecule has 0 atom stereocenters. The smallest absolute Gasteiger partial charge is 0.269 e. The van der Waals surface area contributed by atoms with Gasteiger partial charge in [0, 0.05) is 30.7 Å². The van der Waals surface area contributed by atoms with Gasteiger partial charge in [-0.3, -0.25) is 19.7 Å². The lowest BCUT2D eigenvalue weighted by Gasteiger charge is -2.11. The maximum Gasteiger partial charge on any atom is 0.269 e. The van der Waals surface area contributed by atoms with Crippen LogP contribution in [0.25, 0.3) is 0 Å². The number of carbonyl (C=O) groups excluding carboxylic acids is 2. The topological polar surface area (TPSA) is 111 Å². The van der Waals surface area contributed by atoms with Crippen LogP contribution in [0.15, 0.2) is 42.5 Å². The summed E-state index contributed by atoms with van der Waals surface area (Å²) < 4.78 is 5.20. The molecule has 2 N–H and O–H groups in total. The highest BCUT2D eigenvalue weighted by Crippen LogP contribution is 2.25. The average molecular weight is 357 g/mol. The number of benzene rings is 2. The molecule has 2 rings (SSSR count). The molecule has 136 valence electrons. The molecule has 0 bridgehead atoms. The van der Waals surface area contributed by atoms with Gasteiger partial charge in [0.2, 0.25) is 5.91 Å². The molecule has 26 heavy (non-hydrogen) atoms. The molecule has 0 fully saturated rings. The van der Waals surface area contributed by atoms with Gasteiger partial charge < -0.3 is 15.4 Å². The predicted octanol–water partition coefficient (Wildman–Crippen LogP) is 2.67. The van der Waals surface area contributed by atoms with Crippen LogP contribution in [0.4, 0.5) is 11.4 Å². The lowest BCUT2D eigenvalue weighted by atomic mass is 10.2. The normalized spacial score (nSPS) is 10.1. The van der Waals surface area contributed by atoms with Crippen LogP contribution in [-0.2, 0) is 4.79 Å². The maximum absolute atomic E-state index is 12.0. The van der Waals surface area contributed by atoms with Gasteiger partial charge in [0.15, 0.2) is 0 Å². The average Bonchev–Trinajstić information content (AvgIpc) is 2.62. The number of nitrogens with one attached hydrogen (secondary N) is 2. The van der Waals surface area contributed by atoms with Crippen LogP contribution in [0.1, 0.15) is 22.3 Å². The van der Waals surface area contributed by atoms with Crippen molar-refractivity contribution in [2.45, 2.75) is 13.3 Å². The molecule has 2 aromatic carbocycles. The molecule has 0 heterocycles. The molecule has 8 heteroatoms. The summed E-state index contributed by atoms with van der Waals surface area (Å²) in [6.45, 7) is 2.04. The van der Waals surface area contributed by atoms with E-state index < -0.39 is 10.8 Å². The summed E-state index contributed by atoms with van der Waals surface area (Å²) in [4.78, 5) is 34.1. The third-order valence-corrected chi connectivity index (χ3v) is 3.61. The Hall–Kier alpha value is -3.42. The monoisotopic (exact) mass is 357 g/mol. The van der Waals surface area contributed by atoms with Crippen LogP contribution < -0.4 is 15.4 Å². The van der Waals surface area contributed by atoms with Crippen molar-refractivity contribution in [3.63, 3.8) is 0 Å². The van der Waals surface area contributed by atoms with Gasteiger partial charge in [0.05, 0.1) is 17.7 Å². The first-order valence-electron chi connectivity index (χ1n) is 7.88. The van der Waals surface area contributed by atoms with E-state index in [0.29, 0.717) is 11.4 Å².